The van der Waals surface area contributed by atoms with Crippen molar-refractivity contribution in [3.8, 4) is 22.5 Å². The quantitative estimate of drug-likeness (QED) is 0.410. The minimum absolute atomic E-state index is 0.0139. The van der Waals surface area contributed by atoms with E-state index in [1.165, 1.54) is 6.92 Å². The number of H-pyrrole nitrogens is 1. The maximum atomic E-state index is 14.2. The maximum Gasteiger partial charge on any atom is 0.308 e. The predicted octanol–water partition coefficient (Wildman–Crippen LogP) is 5.19. The van der Waals surface area contributed by atoms with Crippen LogP contribution in [0.3, 0.4) is 0 Å². The third-order valence-corrected chi connectivity index (χ3v) is 5.62. The van der Waals surface area contributed by atoms with Gasteiger partial charge in [-0.25, -0.2) is 9.67 Å². The highest BCUT2D eigenvalue weighted by Crippen LogP contribution is 2.32. The van der Waals surface area contributed by atoms with Gasteiger partial charge in [0.25, 0.3) is 0 Å². The van der Waals surface area contributed by atoms with Crippen LogP contribution in [0.2, 0.25) is 0 Å². The molecule has 0 bridgehead atoms. The molecule has 0 fully saturated rings. The smallest absolute Gasteiger partial charge is 0.246 e. The fourth-order valence-electron chi connectivity index (χ4n) is 3.51. The SMILES string of the molecule is CCC(C)n1nc(C(F)(F)CC)nc1Cc1ccc(-c2ccccc2-c2nn[nH]n2)cc1. The van der Waals surface area contributed by atoms with Crippen molar-refractivity contribution in [2.75, 3.05) is 0 Å². The van der Waals surface area contributed by atoms with Crippen molar-refractivity contribution >= 4 is 0 Å². The summed E-state index contributed by atoms with van der Waals surface area (Å²) >= 11 is 0. The molecule has 2 aromatic heterocycles. The molecule has 0 aliphatic carbocycles. The molecule has 4 aromatic rings. The number of nitrogens with one attached hydrogen (secondary N) is 1. The Balaban J connectivity index is 1.63. The number of halogens is 2. The van der Waals surface area contributed by atoms with Crippen LogP contribution in [0.1, 0.15) is 56.9 Å². The molecule has 0 amide bonds. The minimum Gasteiger partial charge on any atom is -0.246 e. The van der Waals surface area contributed by atoms with Crippen molar-refractivity contribution in [1.82, 2.24) is 35.4 Å². The first-order valence-corrected chi connectivity index (χ1v) is 10.7. The van der Waals surface area contributed by atoms with E-state index in [0.29, 0.717) is 18.1 Å². The molecule has 166 valence electrons. The summed E-state index contributed by atoms with van der Waals surface area (Å²) < 4.78 is 30.1. The van der Waals surface area contributed by atoms with Crippen molar-refractivity contribution in [3.05, 3.63) is 65.7 Å². The lowest BCUT2D eigenvalue weighted by Crippen LogP contribution is -2.15. The van der Waals surface area contributed by atoms with Gasteiger partial charge < -0.3 is 0 Å². The average molecular weight is 437 g/mol. The highest BCUT2D eigenvalue weighted by Gasteiger charge is 2.35. The first kappa shape index (κ1) is 21.7. The minimum atomic E-state index is -3.03. The first-order valence-electron chi connectivity index (χ1n) is 10.7. The summed E-state index contributed by atoms with van der Waals surface area (Å²) in [6.45, 7) is 5.41. The molecule has 0 aliphatic rings. The van der Waals surface area contributed by atoms with Crippen molar-refractivity contribution in [3.63, 3.8) is 0 Å². The lowest BCUT2D eigenvalue weighted by molar-refractivity contribution is -0.0178. The van der Waals surface area contributed by atoms with Gasteiger partial charge in [0.15, 0.2) is 0 Å². The number of benzene rings is 2. The van der Waals surface area contributed by atoms with E-state index in [-0.39, 0.29) is 12.5 Å². The Morgan fingerprint density at radius 2 is 1.75 bits per heavy atom. The molecule has 0 spiro atoms. The van der Waals surface area contributed by atoms with Gasteiger partial charge in [-0.3, -0.25) is 0 Å². The standard InChI is InChI=1S/C23H25F2N7/c1-4-15(3)32-20(26-22(29-32)23(24,25)5-2)14-16-10-12-17(13-11-16)18-8-6-7-9-19(18)21-27-30-31-28-21/h6-13,15H,4-5,14H2,1-3H3,(H,27,28,30,31). The summed E-state index contributed by atoms with van der Waals surface area (Å²) in [5.41, 5.74) is 3.81. The largest absolute Gasteiger partial charge is 0.308 e. The molecule has 1 unspecified atom stereocenters. The molecule has 0 saturated carbocycles. The van der Waals surface area contributed by atoms with Crippen LogP contribution in [0.4, 0.5) is 8.78 Å². The second-order valence-electron chi connectivity index (χ2n) is 7.77. The van der Waals surface area contributed by atoms with Gasteiger partial charge in [-0.2, -0.15) is 14.0 Å². The lowest BCUT2D eigenvalue weighted by atomic mass is 9.98. The molecule has 32 heavy (non-hydrogen) atoms. The molecule has 0 radical (unpaired) electrons. The topological polar surface area (TPSA) is 85.2 Å². The summed E-state index contributed by atoms with van der Waals surface area (Å²) in [6, 6.07) is 15.8. The van der Waals surface area contributed by atoms with Gasteiger partial charge in [0.1, 0.15) is 5.82 Å². The summed E-state index contributed by atoms with van der Waals surface area (Å²) in [6.07, 6.45) is 0.870. The van der Waals surface area contributed by atoms with Crippen LogP contribution in [0.25, 0.3) is 22.5 Å². The molecule has 2 heterocycles. The number of hydrogen-bond acceptors (Lipinski definition) is 5. The van der Waals surface area contributed by atoms with E-state index in [2.05, 4.69) is 30.7 Å². The van der Waals surface area contributed by atoms with Crippen LogP contribution in [0, 0.1) is 0 Å². The molecule has 7 nitrogen and oxygen atoms in total. The number of rotatable bonds is 8. The number of aromatic amines is 1. The number of aromatic nitrogens is 7. The van der Waals surface area contributed by atoms with Gasteiger partial charge in [-0.15, -0.1) is 15.3 Å². The summed E-state index contributed by atoms with van der Waals surface area (Å²) in [5.74, 6) is -2.37. The third kappa shape index (κ3) is 4.28. The molecule has 0 aliphatic heterocycles. The average Bonchev–Trinajstić information content (AvgIpc) is 3.50. The summed E-state index contributed by atoms with van der Waals surface area (Å²) in [4.78, 5) is 4.22. The van der Waals surface area contributed by atoms with E-state index in [1.54, 1.807) is 4.68 Å². The number of hydrogen-bond donors (Lipinski definition) is 1. The monoisotopic (exact) mass is 437 g/mol. The van der Waals surface area contributed by atoms with Gasteiger partial charge in [0.2, 0.25) is 11.6 Å². The van der Waals surface area contributed by atoms with Gasteiger partial charge in [-0.1, -0.05) is 62.4 Å². The van der Waals surface area contributed by atoms with Gasteiger partial charge in [0.05, 0.1) is 6.04 Å². The van der Waals surface area contributed by atoms with Crippen LogP contribution in [0.15, 0.2) is 48.5 Å². The summed E-state index contributed by atoms with van der Waals surface area (Å²) in [7, 11) is 0. The summed E-state index contributed by atoms with van der Waals surface area (Å²) in [5, 5.41) is 18.4. The highest BCUT2D eigenvalue weighted by molar-refractivity contribution is 5.80. The number of nitrogens with zero attached hydrogens (tertiary/aromatic N) is 6. The van der Waals surface area contributed by atoms with E-state index < -0.39 is 11.7 Å². The van der Waals surface area contributed by atoms with Crippen molar-refractivity contribution in [1.29, 1.82) is 0 Å². The van der Waals surface area contributed by atoms with Crippen molar-refractivity contribution in [2.45, 2.75) is 52.0 Å². The van der Waals surface area contributed by atoms with Crippen LogP contribution in [0.5, 0.6) is 0 Å². The molecule has 4 rings (SSSR count). The Kier molecular flexibility index (Phi) is 6.07. The zero-order valence-corrected chi connectivity index (χ0v) is 18.3. The van der Waals surface area contributed by atoms with Crippen LogP contribution < -0.4 is 0 Å². The molecular formula is C23H25F2N7. The highest BCUT2D eigenvalue weighted by atomic mass is 19.3. The molecule has 1 N–H and O–H groups in total. The van der Waals surface area contributed by atoms with E-state index in [1.807, 2.05) is 62.4 Å². The van der Waals surface area contributed by atoms with Gasteiger partial charge in [-0.05, 0) is 35.2 Å². The Bertz CT molecular complexity index is 1170. The Hall–Kier alpha value is -3.49. The lowest BCUT2D eigenvalue weighted by Gasteiger charge is -2.13. The first-order chi connectivity index (χ1) is 15.4. The number of alkyl halides is 2. The zero-order valence-electron chi connectivity index (χ0n) is 18.3. The van der Waals surface area contributed by atoms with E-state index >= 15 is 0 Å². The Morgan fingerprint density at radius 1 is 1.03 bits per heavy atom. The molecule has 0 saturated heterocycles. The normalized spacial score (nSPS) is 12.8. The zero-order chi connectivity index (χ0) is 22.7. The van der Waals surface area contributed by atoms with Crippen LogP contribution in [-0.4, -0.2) is 35.4 Å². The van der Waals surface area contributed by atoms with Crippen molar-refractivity contribution in [2.24, 2.45) is 0 Å². The van der Waals surface area contributed by atoms with Crippen molar-refractivity contribution < 1.29 is 8.78 Å². The molecule has 1 atom stereocenters. The van der Waals surface area contributed by atoms with E-state index in [9.17, 15) is 8.78 Å². The maximum absolute atomic E-state index is 14.2. The Labute approximate surface area is 184 Å². The second-order valence-corrected chi connectivity index (χ2v) is 7.77. The second kappa shape index (κ2) is 8.94. The third-order valence-electron chi connectivity index (χ3n) is 5.62. The van der Waals surface area contributed by atoms with Crippen LogP contribution >= 0.6 is 0 Å². The van der Waals surface area contributed by atoms with Crippen LogP contribution in [-0.2, 0) is 12.3 Å². The molecular weight excluding hydrogens is 412 g/mol. The Morgan fingerprint density at radius 3 is 2.38 bits per heavy atom. The van der Waals surface area contributed by atoms with Gasteiger partial charge in [0, 0.05) is 18.4 Å². The molecule has 9 heteroatoms. The fraction of sp³-hybridized carbons (Fsp3) is 0.348. The number of tetrazole rings is 1. The predicted molar refractivity (Wildman–Crippen MR) is 117 cm³/mol. The van der Waals surface area contributed by atoms with Gasteiger partial charge >= 0.3 is 5.92 Å². The molecule has 2 aromatic carbocycles. The fourth-order valence-corrected chi connectivity index (χ4v) is 3.51. The van der Waals surface area contributed by atoms with E-state index in [4.69, 9.17) is 0 Å². The van der Waals surface area contributed by atoms with E-state index in [0.717, 1.165) is 28.7 Å².